The molecular formula is C18H26N4O2. The van der Waals surface area contributed by atoms with Gasteiger partial charge in [0.15, 0.2) is 0 Å². The van der Waals surface area contributed by atoms with Crippen molar-refractivity contribution in [3.8, 4) is 0 Å². The van der Waals surface area contributed by atoms with Crippen molar-refractivity contribution >= 4 is 6.47 Å². The van der Waals surface area contributed by atoms with Gasteiger partial charge in [-0.1, -0.05) is 36.8 Å². The van der Waals surface area contributed by atoms with Gasteiger partial charge in [-0.2, -0.15) is 5.10 Å². The molecule has 1 aromatic heterocycles. The minimum Gasteiger partial charge on any atom is -0.483 e. The van der Waals surface area contributed by atoms with Crippen LogP contribution >= 0.6 is 0 Å². The van der Waals surface area contributed by atoms with Crippen molar-refractivity contribution in [1.29, 1.82) is 0 Å². The first-order chi connectivity index (χ1) is 11.6. The van der Waals surface area contributed by atoms with E-state index < -0.39 is 0 Å². The van der Waals surface area contributed by atoms with Gasteiger partial charge in [0.2, 0.25) is 0 Å². The Kier molecular flexibility index (Phi) is 6.93. The molecule has 1 saturated heterocycles. The molecule has 1 aromatic carbocycles. The Morgan fingerprint density at radius 3 is 2.67 bits per heavy atom. The first kappa shape index (κ1) is 18.1. The van der Waals surface area contributed by atoms with E-state index >= 15 is 0 Å². The smallest absolute Gasteiger partial charge is 0.290 e. The Bertz CT molecular complexity index is 627. The highest BCUT2D eigenvalue weighted by Crippen LogP contribution is 2.19. The van der Waals surface area contributed by atoms with Crippen molar-refractivity contribution in [3.05, 3.63) is 47.5 Å². The molecule has 1 aliphatic rings. The third kappa shape index (κ3) is 5.16. The summed E-state index contributed by atoms with van der Waals surface area (Å²) in [6, 6.07) is 11.1. The molecule has 0 radical (unpaired) electrons. The number of hydrogen-bond donors (Lipinski definition) is 1. The first-order valence-corrected chi connectivity index (χ1v) is 8.36. The normalized spacial score (nSPS) is 17.8. The molecule has 1 fully saturated rings. The molecule has 130 valence electrons. The van der Waals surface area contributed by atoms with Crippen molar-refractivity contribution in [1.82, 2.24) is 19.7 Å². The summed E-state index contributed by atoms with van der Waals surface area (Å²) < 4.78 is 2.08. The van der Waals surface area contributed by atoms with E-state index in [1.807, 2.05) is 13.0 Å². The lowest BCUT2D eigenvalue weighted by Crippen LogP contribution is -2.38. The zero-order valence-electron chi connectivity index (χ0n) is 14.4. The van der Waals surface area contributed by atoms with Crippen LogP contribution < -0.4 is 0 Å². The quantitative estimate of drug-likeness (QED) is 0.872. The van der Waals surface area contributed by atoms with E-state index in [0.29, 0.717) is 6.04 Å². The molecule has 0 bridgehead atoms. The van der Waals surface area contributed by atoms with Gasteiger partial charge < -0.3 is 10.0 Å². The second-order valence-electron chi connectivity index (χ2n) is 6.16. The van der Waals surface area contributed by atoms with Gasteiger partial charge in [0, 0.05) is 12.5 Å². The number of benzene rings is 1. The second kappa shape index (κ2) is 9.17. The van der Waals surface area contributed by atoms with Crippen molar-refractivity contribution in [2.45, 2.75) is 45.2 Å². The highest BCUT2D eigenvalue weighted by atomic mass is 16.3. The van der Waals surface area contributed by atoms with Crippen molar-refractivity contribution in [3.63, 3.8) is 0 Å². The standard InChI is InChI=1S/C17H24N4.CH2O2/c1-14-18-17(12-16-10-6-7-11-20(16)2)21(19-14)13-15-8-4-3-5-9-15;2-1-3/h3-5,8-9,16H,6-7,10-13H2,1-2H3;1H,(H,2,3). The van der Waals surface area contributed by atoms with E-state index in [1.54, 1.807) is 0 Å². The summed E-state index contributed by atoms with van der Waals surface area (Å²) in [5.41, 5.74) is 1.28. The van der Waals surface area contributed by atoms with E-state index in [4.69, 9.17) is 9.90 Å². The molecule has 1 atom stereocenters. The minimum atomic E-state index is -0.250. The Morgan fingerprint density at radius 1 is 1.29 bits per heavy atom. The largest absolute Gasteiger partial charge is 0.483 e. The van der Waals surface area contributed by atoms with E-state index in [0.717, 1.165) is 24.6 Å². The maximum atomic E-state index is 8.36. The summed E-state index contributed by atoms with van der Waals surface area (Å²) in [5, 5.41) is 11.5. The number of aryl methyl sites for hydroxylation is 1. The van der Waals surface area contributed by atoms with Crippen LogP contribution in [0.15, 0.2) is 30.3 Å². The average molecular weight is 330 g/mol. The number of rotatable bonds is 4. The molecule has 0 amide bonds. The highest BCUT2D eigenvalue weighted by Gasteiger charge is 2.21. The second-order valence-corrected chi connectivity index (χ2v) is 6.16. The fourth-order valence-corrected chi connectivity index (χ4v) is 3.15. The van der Waals surface area contributed by atoms with Crippen LogP contribution in [0.5, 0.6) is 0 Å². The van der Waals surface area contributed by atoms with E-state index in [1.165, 1.54) is 31.4 Å². The number of likely N-dealkylation sites (N-methyl/N-ethyl adjacent to an activating group) is 1. The molecule has 1 unspecified atom stereocenters. The van der Waals surface area contributed by atoms with Crippen LogP contribution in [0.2, 0.25) is 0 Å². The molecule has 1 aliphatic heterocycles. The molecular weight excluding hydrogens is 304 g/mol. The third-order valence-corrected chi connectivity index (χ3v) is 4.37. The molecule has 0 saturated carbocycles. The molecule has 0 spiro atoms. The molecule has 3 rings (SSSR count). The number of likely N-dealkylation sites (tertiary alicyclic amines) is 1. The molecule has 6 heteroatoms. The van der Waals surface area contributed by atoms with Crippen LogP contribution in [0.25, 0.3) is 0 Å². The number of hydrogen-bond acceptors (Lipinski definition) is 4. The predicted octanol–water partition coefficient (Wildman–Crippen LogP) is 2.36. The monoisotopic (exact) mass is 330 g/mol. The minimum absolute atomic E-state index is 0.250. The first-order valence-electron chi connectivity index (χ1n) is 8.36. The van der Waals surface area contributed by atoms with Crippen molar-refractivity contribution < 1.29 is 9.90 Å². The third-order valence-electron chi connectivity index (χ3n) is 4.37. The summed E-state index contributed by atoms with van der Waals surface area (Å²) >= 11 is 0. The van der Waals surface area contributed by atoms with E-state index in [2.05, 4.69) is 51.0 Å². The highest BCUT2D eigenvalue weighted by molar-refractivity contribution is 5.32. The SMILES string of the molecule is Cc1nc(CC2CCCCN2C)n(Cc2ccccc2)n1.O=CO. The molecule has 0 aliphatic carbocycles. The molecule has 2 aromatic rings. The average Bonchev–Trinajstić information content (AvgIpc) is 2.91. The zero-order chi connectivity index (χ0) is 17.4. The topological polar surface area (TPSA) is 71.2 Å². The van der Waals surface area contributed by atoms with Crippen molar-refractivity contribution in [2.24, 2.45) is 0 Å². The van der Waals surface area contributed by atoms with Gasteiger partial charge in [0.25, 0.3) is 6.47 Å². The lowest BCUT2D eigenvalue weighted by molar-refractivity contribution is -0.122. The summed E-state index contributed by atoms with van der Waals surface area (Å²) in [7, 11) is 2.23. The van der Waals surface area contributed by atoms with Gasteiger partial charge >= 0.3 is 0 Å². The molecule has 1 N–H and O–H groups in total. The Balaban J connectivity index is 0.000000647. The van der Waals surface area contributed by atoms with Crippen LogP contribution in [-0.2, 0) is 17.8 Å². The number of piperidine rings is 1. The Labute approximate surface area is 143 Å². The zero-order valence-corrected chi connectivity index (χ0v) is 14.4. The van der Waals surface area contributed by atoms with Gasteiger partial charge in [-0.15, -0.1) is 0 Å². The summed E-state index contributed by atoms with van der Waals surface area (Å²) in [5.74, 6) is 1.99. The van der Waals surface area contributed by atoms with Crippen LogP contribution in [-0.4, -0.2) is 50.9 Å². The van der Waals surface area contributed by atoms with Crippen LogP contribution in [0.4, 0.5) is 0 Å². The summed E-state index contributed by atoms with van der Waals surface area (Å²) in [6.45, 7) is 3.75. The number of aromatic nitrogens is 3. The fourth-order valence-electron chi connectivity index (χ4n) is 3.15. The summed E-state index contributed by atoms with van der Waals surface area (Å²) in [4.78, 5) is 15.5. The number of carbonyl (C=O) groups is 1. The number of nitrogens with zero attached hydrogens (tertiary/aromatic N) is 4. The van der Waals surface area contributed by atoms with Crippen LogP contribution in [0, 0.1) is 6.92 Å². The molecule has 6 nitrogen and oxygen atoms in total. The lowest BCUT2D eigenvalue weighted by Gasteiger charge is -2.32. The summed E-state index contributed by atoms with van der Waals surface area (Å²) in [6.07, 6.45) is 4.93. The maximum absolute atomic E-state index is 8.36. The van der Waals surface area contributed by atoms with E-state index in [-0.39, 0.29) is 6.47 Å². The van der Waals surface area contributed by atoms with Crippen molar-refractivity contribution in [2.75, 3.05) is 13.6 Å². The van der Waals surface area contributed by atoms with Gasteiger partial charge in [-0.3, -0.25) is 4.79 Å². The maximum Gasteiger partial charge on any atom is 0.290 e. The van der Waals surface area contributed by atoms with Gasteiger partial charge in [-0.25, -0.2) is 9.67 Å². The van der Waals surface area contributed by atoms with Crippen LogP contribution in [0.1, 0.15) is 36.5 Å². The lowest BCUT2D eigenvalue weighted by atomic mass is 10.00. The Morgan fingerprint density at radius 2 is 2.00 bits per heavy atom. The van der Waals surface area contributed by atoms with Gasteiger partial charge in [0.1, 0.15) is 11.6 Å². The Hall–Kier alpha value is -2.21. The van der Waals surface area contributed by atoms with Gasteiger partial charge in [0.05, 0.1) is 6.54 Å². The number of carboxylic acid groups (broad SMARTS) is 1. The van der Waals surface area contributed by atoms with Crippen LogP contribution in [0.3, 0.4) is 0 Å². The van der Waals surface area contributed by atoms with E-state index in [9.17, 15) is 0 Å². The fraction of sp³-hybridized carbons (Fsp3) is 0.500. The van der Waals surface area contributed by atoms with Gasteiger partial charge in [-0.05, 0) is 38.9 Å². The predicted molar refractivity (Wildman–Crippen MR) is 93.0 cm³/mol. The molecule has 24 heavy (non-hydrogen) atoms. The molecule has 2 heterocycles.